The lowest BCUT2D eigenvalue weighted by Gasteiger charge is -2.26. The quantitative estimate of drug-likeness (QED) is 0.271. The zero-order valence-electron chi connectivity index (χ0n) is 9.44. The highest BCUT2D eigenvalue weighted by atomic mass is 16.6. The molecule has 0 aromatic carbocycles. The number of hydrogen-bond acceptors (Lipinski definition) is 6. The molecule has 0 unspecified atom stereocenters. The Balaban J connectivity index is 2.34. The maximum absolute atomic E-state index is 10.6. The lowest BCUT2D eigenvalue weighted by Crippen LogP contribution is -2.27. The van der Waals surface area contributed by atoms with E-state index >= 15 is 0 Å². The topological polar surface area (TPSA) is 124 Å². The van der Waals surface area contributed by atoms with E-state index in [0.717, 1.165) is 25.5 Å². The smallest absolute Gasteiger partial charge is 0.288 e. The molecule has 0 bridgehead atoms. The van der Waals surface area contributed by atoms with Crippen molar-refractivity contribution in [3.8, 4) is 5.88 Å². The zero-order valence-corrected chi connectivity index (χ0v) is 9.44. The van der Waals surface area contributed by atoms with Crippen LogP contribution < -0.4 is 10.5 Å². The first-order valence-electron chi connectivity index (χ1n) is 5.41. The van der Waals surface area contributed by atoms with E-state index in [4.69, 9.17) is 15.7 Å². The van der Waals surface area contributed by atoms with Crippen molar-refractivity contribution in [2.24, 2.45) is 10.9 Å². The lowest BCUT2D eigenvalue weighted by atomic mass is 9.96. The summed E-state index contributed by atoms with van der Waals surface area (Å²) in [5.74, 6) is -0.110. The summed E-state index contributed by atoms with van der Waals surface area (Å²) in [6, 6.07) is 1.18. The van der Waals surface area contributed by atoms with Gasteiger partial charge in [-0.2, -0.15) is 0 Å². The monoisotopic (exact) mass is 252 g/mol. The van der Waals surface area contributed by atoms with E-state index in [9.17, 15) is 10.1 Å². The Kier molecular flexibility index (Phi) is 3.26. The van der Waals surface area contributed by atoms with Gasteiger partial charge in [0.1, 0.15) is 12.3 Å². The molecule has 18 heavy (non-hydrogen) atoms. The standard InChI is InChI=1S/C10H12N4O4/c11-9(13-15)8-4-6(14(16)17)5-12-10(8)18-7-2-1-3-7/h4-5,7,15H,1-3H2,(H2,11,13). The summed E-state index contributed by atoms with van der Waals surface area (Å²) >= 11 is 0. The van der Waals surface area contributed by atoms with Gasteiger partial charge in [-0.3, -0.25) is 10.1 Å². The second-order valence-corrected chi connectivity index (χ2v) is 3.96. The normalized spacial score (nSPS) is 16.1. The number of ether oxygens (including phenoxy) is 1. The van der Waals surface area contributed by atoms with Gasteiger partial charge in [0.25, 0.3) is 5.69 Å². The van der Waals surface area contributed by atoms with E-state index in [1.54, 1.807) is 0 Å². The molecule has 96 valence electrons. The molecule has 1 saturated carbocycles. The maximum Gasteiger partial charge on any atom is 0.288 e. The predicted octanol–water partition coefficient (Wildman–Crippen LogP) is 1.02. The highest BCUT2D eigenvalue weighted by molar-refractivity contribution is 5.99. The van der Waals surface area contributed by atoms with Crippen molar-refractivity contribution in [1.82, 2.24) is 4.98 Å². The Bertz CT molecular complexity index is 499. The molecular weight excluding hydrogens is 240 g/mol. The summed E-state index contributed by atoms with van der Waals surface area (Å²) in [6.07, 6.45) is 4.03. The van der Waals surface area contributed by atoms with Gasteiger partial charge in [0.2, 0.25) is 5.88 Å². The van der Waals surface area contributed by atoms with Crippen LogP contribution in [0.25, 0.3) is 0 Å². The fraction of sp³-hybridized carbons (Fsp3) is 0.400. The van der Waals surface area contributed by atoms with Gasteiger partial charge < -0.3 is 15.7 Å². The Morgan fingerprint density at radius 1 is 1.67 bits per heavy atom. The lowest BCUT2D eigenvalue weighted by molar-refractivity contribution is -0.385. The number of pyridine rings is 1. The van der Waals surface area contributed by atoms with Gasteiger partial charge in [0, 0.05) is 6.07 Å². The molecule has 0 radical (unpaired) electrons. The van der Waals surface area contributed by atoms with Crippen LogP contribution in [-0.2, 0) is 0 Å². The minimum atomic E-state index is -0.603. The molecule has 0 aliphatic heterocycles. The molecule has 8 heteroatoms. The summed E-state index contributed by atoms with van der Waals surface area (Å²) in [5, 5.41) is 22.1. The van der Waals surface area contributed by atoms with Crippen molar-refractivity contribution < 1.29 is 14.9 Å². The molecule has 0 spiro atoms. The van der Waals surface area contributed by atoms with Crippen molar-refractivity contribution in [3.63, 3.8) is 0 Å². The van der Waals surface area contributed by atoms with E-state index in [1.165, 1.54) is 6.07 Å². The van der Waals surface area contributed by atoms with Crippen LogP contribution in [0.1, 0.15) is 24.8 Å². The molecule has 3 N–H and O–H groups in total. The first kappa shape index (κ1) is 12.1. The van der Waals surface area contributed by atoms with Crippen LogP contribution in [0, 0.1) is 10.1 Å². The number of amidine groups is 1. The average Bonchev–Trinajstić information content (AvgIpc) is 2.32. The number of hydrogen-bond donors (Lipinski definition) is 2. The van der Waals surface area contributed by atoms with Crippen molar-refractivity contribution >= 4 is 11.5 Å². The van der Waals surface area contributed by atoms with E-state index in [-0.39, 0.29) is 29.1 Å². The Morgan fingerprint density at radius 2 is 2.39 bits per heavy atom. The van der Waals surface area contributed by atoms with Gasteiger partial charge in [-0.15, -0.1) is 0 Å². The van der Waals surface area contributed by atoms with E-state index in [1.807, 2.05) is 0 Å². The molecule has 0 amide bonds. The second kappa shape index (κ2) is 4.86. The predicted molar refractivity (Wildman–Crippen MR) is 61.7 cm³/mol. The van der Waals surface area contributed by atoms with Crippen LogP contribution in [0.2, 0.25) is 0 Å². The van der Waals surface area contributed by atoms with Gasteiger partial charge in [-0.1, -0.05) is 5.16 Å². The molecule has 1 fully saturated rings. The largest absolute Gasteiger partial charge is 0.474 e. The summed E-state index contributed by atoms with van der Waals surface area (Å²) < 4.78 is 5.53. The Morgan fingerprint density at radius 3 is 2.89 bits per heavy atom. The van der Waals surface area contributed by atoms with E-state index in [0.29, 0.717) is 0 Å². The van der Waals surface area contributed by atoms with Crippen molar-refractivity contribution in [1.29, 1.82) is 0 Å². The molecule has 1 aliphatic carbocycles. The highest BCUT2D eigenvalue weighted by Crippen LogP contribution is 2.27. The Hall–Kier alpha value is -2.38. The van der Waals surface area contributed by atoms with Crippen LogP contribution in [-0.4, -0.2) is 27.1 Å². The number of nitro groups is 1. The SMILES string of the molecule is NC(=NO)c1cc([N+](=O)[O-])cnc1OC1CCC1. The molecule has 8 nitrogen and oxygen atoms in total. The molecule has 0 atom stereocenters. The second-order valence-electron chi connectivity index (χ2n) is 3.96. The zero-order chi connectivity index (χ0) is 13.1. The number of nitrogens with two attached hydrogens (primary N) is 1. The van der Waals surface area contributed by atoms with Crippen molar-refractivity contribution in [2.45, 2.75) is 25.4 Å². The molecular formula is C10H12N4O4. The summed E-state index contributed by atoms with van der Waals surface area (Å²) in [6.45, 7) is 0. The number of nitrogens with zero attached hydrogens (tertiary/aromatic N) is 3. The number of rotatable bonds is 4. The van der Waals surface area contributed by atoms with Crippen LogP contribution in [0.3, 0.4) is 0 Å². The van der Waals surface area contributed by atoms with E-state index < -0.39 is 4.92 Å². The third-order valence-electron chi connectivity index (χ3n) is 2.76. The maximum atomic E-state index is 10.6. The van der Waals surface area contributed by atoms with Crippen molar-refractivity contribution in [3.05, 3.63) is 27.9 Å². The fourth-order valence-electron chi connectivity index (χ4n) is 1.52. The molecule has 1 heterocycles. The first-order valence-corrected chi connectivity index (χ1v) is 5.41. The molecule has 0 saturated heterocycles. The molecule has 1 aromatic rings. The van der Waals surface area contributed by atoms with Gasteiger partial charge in [-0.25, -0.2) is 4.98 Å². The molecule has 2 rings (SSSR count). The Labute approximate surface area is 102 Å². The summed E-state index contributed by atoms with van der Waals surface area (Å²) in [5.41, 5.74) is 5.34. The minimum Gasteiger partial charge on any atom is -0.474 e. The van der Waals surface area contributed by atoms with Gasteiger partial charge in [0.15, 0.2) is 5.84 Å². The fourth-order valence-corrected chi connectivity index (χ4v) is 1.52. The minimum absolute atomic E-state index is 0.0456. The van der Waals surface area contributed by atoms with Crippen LogP contribution in [0.4, 0.5) is 5.69 Å². The summed E-state index contributed by atoms with van der Waals surface area (Å²) in [4.78, 5) is 13.9. The van der Waals surface area contributed by atoms with Crippen LogP contribution in [0.15, 0.2) is 17.4 Å². The summed E-state index contributed by atoms with van der Waals surface area (Å²) in [7, 11) is 0. The third-order valence-corrected chi connectivity index (χ3v) is 2.76. The van der Waals surface area contributed by atoms with Gasteiger partial charge in [0.05, 0.1) is 10.5 Å². The van der Waals surface area contributed by atoms with Gasteiger partial charge in [-0.05, 0) is 19.3 Å². The van der Waals surface area contributed by atoms with Gasteiger partial charge >= 0.3 is 0 Å². The van der Waals surface area contributed by atoms with Crippen molar-refractivity contribution in [2.75, 3.05) is 0 Å². The van der Waals surface area contributed by atoms with Crippen LogP contribution in [0.5, 0.6) is 5.88 Å². The number of oxime groups is 1. The number of aromatic nitrogens is 1. The average molecular weight is 252 g/mol. The third kappa shape index (κ3) is 2.31. The first-order chi connectivity index (χ1) is 8.61. The molecule has 1 aromatic heterocycles. The highest BCUT2D eigenvalue weighted by Gasteiger charge is 2.23. The molecule has 1 aliphatic rings. The van der Waals surface area contributed by atoms with Crippen LogP contribution >= 0.6 is 0 Å². The van der Waals surface area contributed by atoms with E-state index in [2.05, 4.69) is 10.1 Å².